The lowest BCUT2D eigenvalue weighted by Gasteiger charge is -2.08. The molecule has 0 radical (unpaired) electrons. The van der Waals surface area contributed by atoms with E-state index in [1.54, 1.807) is 25.1 Å². The number of aromatic nitrogens is 1. The van der Waals surface area contributed by atoms with E-state index in [1.807, 2.05) is 6.92 Å². The zero-order chi connectivity index (χ0) is 16.6. The molecule has 0 aliphatic heterocycles. The van der Waals surface area contributed by atoms with Crippen molar-refractivity contribution in [3.8, 4) is 0 Å². The van der Waals surface area contributed by atoms with Crippen molar-refractivity contribution >= 4 is 21.1 Å². The van der Waals surface area contributed by atoms with Crippen LogP contribution in [-0.2, 0) is 23.1 Å². The first-order valence-corrected chi connectivity index (χ1v) is 8.56. The Kier molecular flexibility index (Phi) is 3.87. The van der Waals surface area contributed by atoms with Crippen LogP contribution in [0.25, 0.3) is 11.1 Å². The van der Waals surface area contributed by atoms with Gasteiger partial charge in [-0.3, -0.25) is 4.57 Å². The number of benzene rings is 1. The maximum Gasteiger partial charge on any atom is 0.419 e. The van der Waals surface area contributed by atoms with Gasteiger partial charge in [0.05, 0.1) is 23.2 Å². The van der Waals surface area contributed by atoms with E-state index in [1.165, 1.54) is 16.9 Å². The third-order valence-corrected chi connectivity index (χ3v) is 5.13. The minimum absolute atomic E-state index is 0.0483. The Bertz CT molecular complexity index is 997. The van der Waals surface area contributed by atoms with Crippen LogP contribution in [0.2, 0.25) is 0 Å². The monoisotopic (exact) mass is 336 g/mol. The molecule has 7 nitrogen and oxygen atoms in total. The number of sulfonamides is 1. The normalized spacial score (nSPS) is 12.1. The van der Waals surface area contributed by atoms with Crippen LogP contribution >= 0.6 is 0 Å². The summed E-state index contributed by atoms with van der Waals surface area (Å²) >= 11 is 0. The van der Waals surface area contributed by atoms with E-state index in [9.17, 15) is 13.2 Å². The van der Waals surface area contributed by atoms with Crippen molar-refractivity contribution in [2.75, 3.05) is 0 Å². The highest BCUT2D eigenvalue weighted by atomic mass is 32.2. The molecule has 0 amide bonds. The summed E-state index contributed by atoms with van der Waals surface area (Å²) in [6.45, 7) is 4.00. The number of hydrogen-bond donors (Lipinski definition) is 1. The summed E-state index contributed by atoms with van der Waals surface area (Å²) in [5, 5.41) is 0. The standard InChI is InChI=1S/C15H16N2O5S/c1-3-17-12-7-10(2)14(8-13(12)22-15(17)18)23(19,20)16-9-11-5-4-6-21-11/h4-8,16H,3,9H2,1-2H3. The molecule has 0 fully saturated rings. The number of rotatable bonds is 5. The molecule has 0 saturated carbocycles. The van der Waals surface area contributed by atoms with Gasteiger partial charge < -0.3 is 8.83 Å². The highest BCUT2D eigenvalue weighted by Gasteiger charge is 2.20. The van der Waals surface area contributed by atoms with Crippen LogP contribution in [0, 0.1) is 6.92 Å². The molecule has 3 aromatic rings. The molecule has 0 atom stereocenters. The lowest BCUT2D eigenvalue weighted by atomic mass is 10.2. The van der Waals surface area contributed by atoms with Gasteiger partial charge in [0, 0.05) is 12.6 Å². The lowest BCUT2D eigenvalue weighted by molar-refractivity contribution is 0.498. The van der Waals surface area contributed by atoms with Gasteiger partial charge in [-0.2, -0.15) is 0 Å². The zero-order valence-electron chi connectivity index (χ0n) is 12.7. The molecule has 1 aromatic carbocycles. The highest BCUT2D eigenvalue weighted by Crippen LogP contribution is 2.23. The zero-order valence-corrected chi connectivity index (χ0v) is 13.5. The fourth-order valence-corrected chi connectivity index (χ4v) is 3.67. The fourth-order valence-electron chi connectivity index (χ4n) is 2.44. The Morgan fingerprint density at radius 3 is 2.74 bits per heavy atom. The van der Waals surface area contributed by atoms with Crippen molar-refractivity contribution in [1.82, 2.24) is 9.29 Å². The van der Waals surface area contributed by atoms with Crippen LogP contribution in [0.15, 0.2) is 49.1 Å². The van der Waals surface area contributed by atoms with E-state index >= 15 is 0 Å². The molecule has 8 heteroatoms. The van der Waals surface area contributed by atoms with Crippen molar-refractivity contribution < 1.29 is 17.3 Å². The number of aryl methyl sites for hydroxylation is 2. The summed E-state index contributed by atoms with van der Waals surface area (Å²) in [5.74, 6) is 0.0102. The maximum atomic E-state index is 12.5. The number of nitrogens with one attached hydrogen (secondary N) is 1. The summed E-state index contributed by atoms with van der Waals surface area (Å²) < 4.78 is 39.1. The predicted molar refractivity (Wildman–Crippen MR) is 83.6 cm³/mol. The van der Waals surface area contributed by atoms with Gasteiger partial charge in [0.25, 0.3) is 0 Å². The Labute approximate surface area is 132 Å². The Morgan fingerprint density at radius 2 is 2.09 bits per heavy atom. The summed E-state index contributed by atoms with van der Waals surface area (Å²) in [6.07, 6.45) is 1.48. The molecule has 0 bridgehead atoms. The third kappa shape index (κ3) is 2.82. The predicted octanol–water partition coefficient (Wildman–Crippen LogP) is 1.99. The minimum Gasteiger partial charge on any atom is -0.468 e. The number of nitrogens with zero attached hydrogens (tertiary/aromatic N) is 1. The molecule has 0 saturated heterocycles. The number of fused-ring (bicyclic) bond motifs is 1. The van der Waals surface area contributed by atoms with E-state index in [2.05, 4.69) is 4.72 Å². The fraction of sp³-hybridized carbons (Fsp3) is 0.267. The van der Waals surface area contributed by atoms with Crippen LogP contribution in [0.3, 0.4) is 0 Å². The van der Waals surface area contributed by atoms with Gasteiger partial charge in [0.2, 0.25) is 10.0 Å². The van der Waals surface area contributed by atoms with Crippen LogP contribution in [0.1, 0.15) is 18.2 Å². The summed E-state index contributed by atoms with van der Waals surface area (Å²) in [6, 6.07) is 6.38. The second-order valence-electron chi connectivity index (χ2n) is 5.10. The number of oxazole rings is 1. The average molecular weight is 336 g/mol. The Morgan fingerprint density at radius 1 is 1.30 bits per heavy atom. The van der Waals surface area contributed by atoms with Crippen molar-refractivity contribution in [1.29, 1.82) is 0 Å². The smallest absolute Gasteiger partial charge is 0.419 e. The molecule has 0 spiro atoms. The van der Waals surface area contributed by atoms with Gasteiger partial charge in [-0.05, 0) is 37.6 Å². The van der Waals surface area contributed by atoms with Crippen molar-refractivity contribution in [3.05, 3.63) is 52.4 Å². The van der Waals surface area contributed by atoms with Crippen LogP contribution in [-0.4, -0.2) is 13.0 Å². The highest BCUT2D eigenvalue weighted by molar-refractivity contribution is 7.89. The number of furan rings is 1. The molecule has 3 rings (SSSR count). The van der Waals surface area contributed by atoms with Gasteiger partial charge in [-0.25, -0.2) is 17.9 Å². The van der Waals surface area contributed by atoms with Crippen LogP contribution in [0.4, 0.5) is 0 Å². The molecule has 0 unspecified atom stereocenters. The first-order chi connectivity index (χ1) is 10.9. The van der Waals surface area contributed by atoms with Crippen molar-refractivity contribution in [3.63, 3.8) is 0 Å². The lowest BCUT2D eigenvalue weighted by Crippen LogP contribution is -2.23. The second kappa shape index (κ2) is 5.71. The second-order valence-corrected chi connectivity index (χ2v) is 6.84. The molecule has 122 valence electrons. The maximum absolute atomic E-state index is 12.5. The van der Waals surface area contributed by atoms with E-state index in [4.69, 9.17) is 8.83 Å². The Hall–Kier alpha value is -2.32. The van der Waals surface area contributed by atoms with Crippen molar-refractivity contribution in [2.24, 2.45) is 0 Å². The van der Waals surface area contributed by atoms with E-state index in [0.717, 1.165) is 0 Å². The molecule has 0 aliphatic rings. The summed E-state index contributed by atoms with van der Waals surface area (Å²) in [5.41, 5.74) is 1.37. The number of hydrogen-bond acceptors (Lipinski definition) is 5. The van der Waals surface area contributed by atoms with Gasteiger partial charge in [-0.1, -0.05) is 0 Å². The topological polar surface area (TPSA) is 94.5 Å². The Balaban J connectivity index is 2.01. The third-order valence-electron chi connectivity index (χ3n) is 3.59. The van der Waals surface area contributed by atoms with E-state index in [0.29, 0.717) is 23.4 Å². The van der Waals surface area contributed by atoms with E-state index < -0.39 is 15.8 Å². The molecule has 2 aromatic heterocycles. The summed E-state index contributed by atoms with van der Waals surface area (Å²) in [7, 11) is -3.75. The minimum atomic E-state index is -3.75. The first kappa shape index (κ1) is 15.6. The summed E-state index contributed by atoms with van der Waals surface area (Å²) in [4.78, 5) is 11.8. The largest absolute Gasteiger partial charge is 0.468 e. The van der Waals surface area contributed by atoms with Gasteiger partial charge in [0.15, 0.2) is 5.58 Å². The molecular weight excluding hydrogens is 320 g/mol. The van der Waals surface area contributed by atoms with Crippen LogP contribution < -0.4 is 10.5 Å². The molecule has 23 heavy (non-hydrogen) atoms. The molecule has 0 aliphatic carbocycles. The average Bonchev–Trinajstić information content (AvgIpc) is 3.11. The quantitative estimate of drug-likeness (QED) is 0.769. The van der Waals surface area contributed by atoms with Crippen LogP contribution in [0.5, 0.6) is 0 Å². The van der Waals surface area contributed by atoms with Gasteiger partial charge in [-0.15, -0.1) is 0 Å². The van der Waals surface area contributed by atoms with Crippen molar-refractivity contribution in [2.45, 2.75) is 31.8 Å². The molecule has 2 heterocycles. The van der Waals surface area contributed by atoms with Gasteiger partial charge >= 0.3 is 5.76 Å². The molecule has 1 N–H and O–H groups in total. The van der Waals surface area contributed by atoms with Gasteiger partial charge in [0.1, 0.15) is 5.76 Å². The van der Waals surface area contributed by atoms with E-state index in [-0.39, 0.29) is 17.0 Å². The SMILES string of the molecule is CCn1c(=O)oc2cc(S(=O)(=O)NCc3ccco3)c(C)cc21. The molecular formula is C15H16N2O5S. The first-order valence-electron chi connectivity index (χ1n) is 7.08.